The standard InChI is InChI=1S/C23H21F3N4O3/c1-13-6-4-7-14(2)20(13)28-19(32)12-27-22(33)21-18(31)10-15(3)30(29-21)17-9-5-8-16(11-17)23(24,25)26/h4-11H,12H2,1-3H3,(H,27,33)(H,28,32). The lowest BCUT2D eigenvalue weighted by Crippen LogP contribution is -2.37. The molecule has 0 bridgehead atoms. The second kappa shape index (κ2) is 9.27. The lowest BCUT2D eigenvalue weighted by molar-refractivity contribution is -0.137. The Kier molecular flexibility index (Phi) is 6.66. The van der Waals surface area contributed by atoms with E-state index in [0.29, 0.717) is 5.69 Å². The number of nitrogens with one attached hydrogen (secondary N) is 2. The predicted molar refractivity (Wildman–Crippen MR) is 116 cm³/mol. The van der Waals surface area contributed by atoms with Crippen molar-refractivity contribution in [1.29, 1.82) is 0 Å². The zero-order valence-corrected chi connectivity index (χ0v) is 18.1. The van der Waals surface area contributed by atoms with Crippen molar-refractivity contribution >= 4 is 17.5 Å². The maximum atomic E-state index is 13.1. The van der Waals surface area contributed by atoms with Gasteiger partial charge in [0.2, 0.25) is 11.3 Å². The molecule has 10 heteroatoms. The molecule has 0 radical (unpaired) electrons. The summed E-state index contributed by atoms with van der Waals surface area (Å²) < 4.78 is 40.2. The van der Waals surface area contributed by atoms with E-state index in [4.69, 9.17) is 0 Å². The van der Waals surface area contributed by atoms with Crippen LogP contribution in [0.2, 0.25) is 0 Å². The Morgan fingerprint density at radius 3 is 2.27 bits per heavy atom. The van der Waals surface area contributed by atoms with Gasteiger partial charge in [0.1, 0.15) is 0 Å². The monoisotopic (exact) mass is 458 g/mol. The zero-order chi connectivity index (χ0) is 24.3. The first-order chi connectivity index (χ1) is 15.5. The van der Waals surface area contributed by atoms with Gasteiger partial charge in [-0.25, -0.2) is 4.68 Å². The zero-order valence-electron chi connectivity index (χ0n) is 18.1. The first-order valence-corrected chi connectivity index (χ1v) is 9.90. The number of para-hydroxylation sites is 1. The number of benzene rings is 2. The smallest absolute Gasteiger partial charge is 0.341 e. The maximum absolute atomic E-state index is 13.1. The Bertz CT molecular complexity index is 1260. The van der Waals surface area contributed by atoms with Crippen molar-refractivity contribution in [2.75, 3.05) is 11.9 Å². The molecule has 0 aliphatic heterocycles. The quantitative estimate of drug-likeness (QED) is 0.612. The van der Waals surface area contributed by atoms with Gasteiger partial charge in [-0.2, -0.15) is 18.3 Å². The topological polar surface area (TPSA) is 93.1 Å². The molecular formula is C23H21F3N4O3. The van der Waals surface area contributed by atoms with Crippen molar-refractivity contribution in [1.82, 2.24) is 15.1 Å². The van der Waals surface area contributed by atoms with Crippen LogP contribution in [-0.4, -0.2) is 28.1 Å². The van der Waals surface area contributed by atoms with E-state index in [0.717, 1.165) is 34.0 Å². The number of carbonyl (C=O) groups is 2. The Labute approximate surface area is 187 Å². The summed E-state index contributed by atoms with van der Waals surface area (Å²) in [5.41, 5.74) is 0.429. The first-order valence-electron chi connectivity index (χ1n) is 9.90. The summed E-state index contributed by atoms with van der Waals surface area (Å²) in [6.45, 7) is 4.71. The number of hydrogen-bond donors (Lipinski definition) is 2. The van der Waals surface area contributed by atoms with Crippen molar-refractivity contribution in [3.63, 3.8) is 0 Å². The van der Waals surface area contributed by atoms with Crippen molar-refractivity contribution in [3.05, 3.63) is 86.8 Å². The Balaban J connectivity index is 1.80. The fraction of sp³-hybridized carbons (Fsp3) is 0.217. The fourth-order valence-corrected chi connectivity index (χ4v) is 3.22. The van der Waals surface area contributed by atoms with Crippen LogP contribution in [0.1, 0.15) is 32.9 Å². The fourth-order valence-electron chi connectivity index (χ4n) is 3.22. The van der Waals surface area contributed by atoms with Crippen molar-refractivity contribution in [2.45, 2.75) is 26.9 Å². The largest absolute Gasteiger partial charge is 0.416 e. The number of aryl methyl sites for hydroxylation is 3. The molecule has 3 rings (SSSR count). The number of aromatic nitrogens is 2. The predicted octanol–water partition coefficient (Wildman–Crippen LogP) is 3.55. The van der Waals surface area contributed by atoms with Crippen molar-refractivity contribution < 1.29 is 22.8 Å². The van der Waals surface area contributed by atoms with Gasteiger partial charge in [-0.3, -0.25) is 14.4 Å². The number of anilines is 1. The molecule has 0 fully saturated rings. The van der Waals surface area contributed by atoms with E-state index in [2.05, 4.69) is 15.7 Å². The Morgan fingerprint density at radius 1 is 1.00 bits per heavy atom. The van der Waals surface area contributed by atoms with Crippen LogP contribution in [-0.2, 0) is 11.0 Å². The van der Waals surface area contributed by atoms with Gasteiger partial charge < -0.3 is 10.6 Å². The SMILES string of the molecule is Cc1cccc(C)c1NC(=O)CNC(=O)c1nn(-c2cccc(C(F)(F)F)c2)c(C)cc1=O. The number of alkyl halides is 3. The number of rotatable bonds is 5. The third-order valence-corrected chi connectivity index (χ3v) is 4.90. The van der Waals surface area contributed by atoms with Crippen molar-refractivity contribution in [2.24, 2.45) is 0 Å². The van der Waals surface area contributed by atoms with Gasteiger partial charge >= 0.3 is 6.18 Å². The van der Waals surface area contributed by atoms with E-state index in [9.17, 15) is 27.6 Å². The van der Waals surface area contributed by atoms with E-state index >= 15 is 0 Å². The van der Waals surface area contributed by atoms with Crippen LogP contribution in [0, 0.1) is 20.8 Å². The summed E-state index contributed by atoms with van der Waals surface area (Å²) in [7, 11) is 0. The number of amides is 2. The number of nitrogens with zero attached hydrogens (tertiary/aromatic N) is 2. The Morgan fingerprint density at radius 2 is 1.64 bits per heavy atom. The molecule has 0 spiro atoms. The molecule has 0 aliphatic carbocycles. The van der Waals surface area contributed by atoms with Crippen LogP contribution < -0.4 is 16.1 Å². The molecule has 2 N–H and O–H groups in total. The highest BCUT2D eigenvalue weighted by Crippen LogP contribution is 2.30. The summed E-state index contributed by atoms with van der Waals surface area (Å²) >= 11 is 0. The molecule has 1 aromatic heterocycles. The van der Waals surface area contributed by atoms with E-state index in [1.165, 1.54) is 19.1 Å². The summed E-state index contributed by atoms with van der Waals surface area (Å²) in [5, 5.41) is 8.98. The van der Waals surface area contributed by atoms with Gasteiger partial charge in [0.25, 0.3) is 5.91 Å². The number of halogens is 3. The van der Waals surface area contributed by atoms with Crippen LogP contribution in [0.5, 0.6) is 0 Å². The maximum Gasteiger partial charge on any atom is 0.416 e. The summed E-state index contributed by atoms with van der Waals surface area (Å²) in [5.74, 6) is -1.43. The lowest BCUT2D eigenvalue weighted by atomic mass is 10.1. The molecule has 2 amide bonds. The number of carbonyl (C=O) groups excluding carboxylic acids is 2. The van der Waals surface area contributed by atoms with Gasteiger partial charge in [-0.1, -0.05) is 24.3 Å². The minimum Gasteiger partial charge on any atom is -0.341 e. The van der Waals surface area contributed by atoms with Gasteiger partial charge in [0, 0.05) is 17.4 Å². The van der Waals surface area contributed by atoms with Crippen LogP contribution in [0.15, 0.2) is 53.3 Å². The molecule has 0 saturated carbocycles. The molecule has 33 heavy (non-hydrogen) atoms. The molecule has 7 nitrogen and oxygen atoms in total. The summed E-state index contributed by atoms with van der Waals surface area (Å²) in [4.78, 5) is 37.1. The summed E-state index contributed by atoms with van der Waals surface area (Å²) in [6.07, 6.45) is -4.56. The molecule has 1 heterocycles. The molecule has 172 valence electrons. The highest BCUT2D eigenvalue weighted by molar-refractivity contribution is 5.98. The minimum atomic E-state index is -4.56. The van der Waals surface area contributed by atoms with E-state index in [-0.39, 0.29) is 11.4 Å². The van der Waals surface area contributed by atoms with Gasteiger partial charge in [-0.05, 0) is 50.1 Å². The van der Waals surface area contributed by atoms with Crippen LogP contribution >= 0.6 is 0 Å². The van der Waals surface area contributed by atoms with Gasteiger partial charge in [0.15, 0.2) is 5.69 Å². The first kappa shape index (κ1) is 23.7. The minimum absolute atomic E-state index is 0.0316. The molecule has 0 aliphatic rings. The normalized spacial score (nSPS) is 11.2. The Hall–Kier alpha value is -3.95. The molecule has 3 aromatic rings. The molecule has 0 atom stereocenters. The third-order valence-electron chi connectivity index (χ3n) is 4.90. The summed E-state index contributed by atoms with van der Waals surface area (Å²) in [6, 6.07) is 10.9. The highest BCUT2D eigenvalue weighted by Gasteiger charge is 2.30. The molecule has 0 saturated heterocycles. The average molecular weight is 458 g/mol. The molecule has 2 aromatic carbocycles. The van der Waals surface area contributed by atoms with E-state index in [1.807, 2.05) is 32.0 Å². The van der Waals surface area contributed by atoms with Crippen LogP contribution in [0.4, 0.5) is 18.9 Å². The highest BCUT2D eigenvalue weighted by atomic mass is 19.4. The molecular weight excluding hydrogens is 437 g/mol. The lowest BCUT2D eigenvalue weighted by Gasteiger charge is -2.14. The van der Waals surface area contributed by atoms with Crippen LogP contribution in [0.3, 0.4) is 0 Å². The molecule has 0 unspecified atom stereocenters. The number of hydrogen-bond acceptors (Lipinski definition) is 4. The van der Waals surface area contributed by atoms with E-state index in [1.54, 1.807) is 0 Å². The third kappa shape index (κ3) is 5.46. The second-order valence-corrected chi connectivity index (χ2v) is 7.46. The van der Waals surface area contributed by atoms with E-state index < -0.39 is 41.2 Å². The van der Waals surface area contributed by atoms with Gasteiger partial charge in [-0.15, -0.1) is 0 Å². The van der Waals surface area contributed by atoms with Gasteiger partial charge in [0.05, 0.1) is 17.8 Å². The second-order valence-electron chi connectivity index (χ2n) is 7.46. The van der Waals surface area contributed by atoms with Crippen LogP contribution in [0.25, 0.3) is 5.69 Å². The van der Waals surface area contributed by atoms with Crippen molar-refractivity contribution in [3.8, 4) is 5.69 Å². The average Bonchev–Trinajstić information content (AvgIpc) is 2.74.